The number of nitrogens with one attached hydrogen (secondary N) is 1. The van der Waals surface area contributed by atoms with Gasteiger partial charge in [-0.2, -0.15) is 0 Å². The second-order valence-electron chi connectivity index (χ2n) is 6.81. The number of aliphatic carboxylic acids is 1. The van der Waals surface area contributed by atoms with Gasteiger partial charge in [-0.1, -0.05) is 78.9 Å². The Balaban J connectivity index is 1.81. The van der Waals surface area contributed by atoms with E-state index in [1.54, 1.807) is 42.5 Å². The second kappa shape index (κ2) is 8.97. The molecule has 0 atom stereocenters. The molecular formula is C26H19NO4. The molecular weight excluding hydrogens is 390 g/mol. The highest BCUT2D eigenvalue weighted by atomic mass is 16.5. The normalized spacial score (nSPS) is 12.8. The van der Waals surface area contributed by atoms with E-state index < -0.39 is 11.9 Å². The van der Waals surface area contributed by atoms with Crippen LogP contribution in [0.25, 0.3) is 11.5 Å². The molecule has 31 heavy (non-hydrogen) atoms. The molecule has 0 fully saturated rings. The van der Waals surface area contributed by atoms with Crippen LogP contribution in [-0.4, -0.2) is 17.0 Å². The maximum absolute atomic E-state index is 12.6. The van der Waals surface area contributed by atoms with Gasteiger partial charge in [0.25, 0.3) is 5.91 Å². The van der Waals surface area contributed by atoms with E-state index in [9.17, 15) is 14.7 Å². The van der Waals surface area contributed by atoms with Crippen molar-refractivity contribution in [3.8, 4) is 0 Å². The maximum atomic E-state index is 12.6. The lowest BCUT2D eigenvalue weighted by molar-refractivity contribution is -0.133. The van der Waals surface area contributed by atoms with Gasteiger partial charge >= 0.3 is 5.97 Å². The van der Waals surface area contributed by atoms with Gasteiger partial charge in [0.1, 0.15) is 17.2 Å². The SMILES string of the molecule is O=C(O)C(NC(=O)c1ccccc1)=C1C=C(c2ccccc2)OC(c2ccccc2)=C1. The second-order valence-corrected chi connectivity index (χ2v) is 6.81. The van der Waals surface area contributed by atoms with Gasteiger partial charge in [0.05, 0.1) is 0 Å². The van der Waals surface area contributed by atoms with Crippen LogP contribution in [0.5, 0.6) is 0 Å². The summed E-state index contributed by atoms with van der Waals surface area (Å²) in [6, 6.07) is 27.3. The number of allylic oxidation sites excluding steroid dienone is 3. The number of carbonyl (C=O) groups is 2. The lowest BCUT2D eigenvalue weighted by atomic mass is 10.0. The van der Waals surface area contributed by atoms with E-state index in [-0.39, 0.29) is 5.70 Å². The van der Waals surface area contributed by atoms with Crippen molar-refractivity contribution in [3.05, 3.63) is 131 Å². The molecule has 1 heterocycles. The van der Waals surface area contributed by atoms with Crippen molar-refractivity contribution in [2.24, 2.45) is 0 Å². The summed E-state index contributed by atoms with van der Waals surface area (Å²) in [7, 11) is 0. The van der Waals surface area contributed by atoms with Crippen molar-refractivity contribution in [1.82, 2.24) is 5.32 Å². The smallest absolute Gasteiger partial charge is 0.353 e. The van der Waals surface area contributed by atoms with Crippen LogP contribution in [-0.2, 0) is 9.53 Å². The van der Waals surface area contributed by atoms with Gasteiger partial charge in [0.15, 0.2) is 0 Å². The summed E-state index contributed by atoms with van der Waals surface area (Å²) in [5.41, 5.74) is 2.06. The van der Waals surface area contributed by atoms with Crippen LogP contribution in [0, 0.1) is 0 Å². The first kappa shape index (κ1) is 19.9. The fourth-order valence-electron chi connectivity index (χ4n) is 3.16. The monoisotopic (exact) mass is 409 g/mol. The maximum Gasteiger partial charge on any atom is 0.353 e. The molecule has 0 spiro atoms. The average molecular weight is 409 g/mol. The molecule has 5 heteroatoms. The molecule has 0 radical (unpaired) electrons. The first-order valence-corrected chi connectivity index (χ1v) is 9.68. The third kappa shape index (κ3) is 4.62. The zero-order valence-electron chi connectivity index (χ0n) is 16.5. The van der Waals surface area contributed by atoms with Crippen molar-refractivity contribution in [2.45, 2.75) is 0 Å². The third-order valence-corrected chi connectivity index (χ3v) is 4.69. The van der Waals surface area contributed by atoms with Gasteiger partial charge in [0.2, 0.25) is 0 Å². The van der Waals surface area contributed by atoms with Crippen molar-refractivity contribution in [3.63, 3.8) is 0 Å². The topological polar surface area (TPSA) is 75.6 Å². The minimum absolute atomic E-state index is 0.223. The van der Waals surface area contributed by atoms with Gasteiger partial charge in [-0.3, -0.25) is 4.79 Å². The van der Waals surface area contributed by atoms with Crippen LogP contribution >= 0.6 is 0 Å². The van der Waals surface area contributed by atoms with Crippen LogP contribution in [0.1, 0.15) is 21.5 Å². The zero-order chi connectivity index (χ0) is 21.6. The average Bonchev–Trinajstić information content (AvgIpc) is 2.83. The number of benzene rings is 3. The molecule has 1 aliphatic heterocycles. The van der Waals surface area contributed by atoms with E-state index in [1.165, 1.54) is 0 Å². The Hall–Kier alpha value is -4.38. The summed E-state index contributed by atoms with van der Waals surface area (Å²) in [5.74, 6) is -0.760. The number of carbonyl (C=O) groups excluding carboxylic acids is 1. The Labute approximate surface area is 179 Å². The van der Waals surface area contributed by atoms with E-state index in [0.717, 1.165) is 11.1 Å². The number of hydrogen-bond donors (Lipinski definition) is 2. The first-order chi connectivity index (χ1) is 15.1. The van der Waals surface area contributed by atoms with Crippen LogP contribution in [0.2, 0.25) is 0 Å². The molecule has 0 bridgehead atoms. The Morgan fingerprint density at radius 2 is 1.13 bits per heavy atom. The Morgan fingerprint density at radius 1 is 0.677 bits per heavy atom. The van der Waals surface area contributed by atoms with Crippen LogP contribution in [0.4, 0.5) is 0 Å². The third-order valence-electron chi connectivity index (χ3n) is 4.69. The van der Waals surface area contributed by atoms with Crippen molar-refractivity contribution >= 4 is 23.4 Å². The molecule has 5 nitrogen and oxygen atoms in total. The fraction of sp³-hybridized carbons (Fsp3) is 0. The summed E-state index contributed by atoms with van der Waals surface area (Å²) < 4.78 is 6.09. The van der Waals surface area contributed by atoms with Gasteiger partial charge in [-0.05, 0) is 24.3 Å². The molecule has 1 aliphatic rings. The quantitative estimate of drug-likeness (QED) is 0.590. The van der Waals surface area contributed by atoms with Crippen molar-refractivity contribution in [2.75, 3.05) is 0 Å². The molecule has 0 saturated heterocycles. The highest BCUT2D eigenvalue weighted by Gasteiger charge is 2.22. The number of carboxylic acid groups (broad SMARTS) is 1. The summed E-state index contributed by atoms with van der Waals surface area (Å²) in [6.07, 6.45) is 3.24. The minimum atomic E-state index is -1.24. The molecule has 2 N–H and O–H groups in total. The van der Waals surface area contributed by atoms with E-state index in [2.05, 4.69) is 5.32 Å². The Bertz CT molecular complexity index is 1140. The first-order valence-electron chi connectivity index (χ1n) is 9.68. The summed E-state index contributed by atoms with van der Waals surface area (Å²) in [5, 5.41) is 12.4. The molecule has 0 saturated carbocycles. The summed E-state index contributed by atoms with van der Waals surface area (Å²) in [4.78, 5) is 24.7. The Kier molecular flexibility index (Phi) is 5.76. The van der Waals surface area contributed by atoms with Crippen LogP contribution < -0.4 is 5.32 Å². The molecule has 1 amide bonds. The van der Waals surface area contributed by atoms with E-state index >= 15 is 0 Å². The summed E-state index contributed by atoms with van der Waals surface area (Å²) in [6.45, 7) is 0. The number of amides is 1. The lowest BCUT2D eigenvalue weighted by Gasteiger charge is -2.20. The lowest BCUT2D eigenvalue weighted by Crippen LogP contribution is -2.28. The van der Waals surface area contributed by atoms with Gasteiger partial charge in [0, 0.05) is 22.3 Å². The fourth-order valence-corrected chi connectivity index (χ4v) is 3.16. The van der Waals surface area contributed by atoms with Gasteiger partial charge in [-0.25, -0.2) is 4.79 Å². The summed E-state index contributed by atoms with van der Waals surface area (Å²) >= 11 is 0. The van der Waals surface area contributed by atoms with Gasteiger partial charge in [-0.15, -0.1) is 0 Å². The number of carboxylic acids is 1. The van der Waals surface area contributed by atoms with Crippen molar-refractivity contribution in [1.29, 1.82) is 0 Å². The number of ether oxygens (including phenoxy) is 1. The van der Waals surface area contributed by atoms with Crippen LogP contribution in [0.3, 0.4) is 0 Å². The molecule has 152 valence electrons. The minimum Gasteiger partial charge on any atom is -0.477 e. The van der Waals surface area contributed by atoms with Crippen LogP contribution in [0.15, 0.2) is 114 Å². The highest BCUT2D eigenvalue weighted by Crippen LogP contribution is 2.32. The standard InChI is InChI=1S/C26H19NO4/c28-25(20-14-8-3-9-15-20)27-24(26(29)30)21-16-22(18-10-4-1-5-11-18)31-23(17-21)19-12-6-2-7-13-19/h1-17H,(H,27,28)(H,29,30). The number of rotatable bonds is 5. The molecule has 3 aromatic rings. The molecule has 0 unspecified atom stereocenters. The zero-order valence-corrected chi connectivity index (χ0v) is 16.5. The predicted octanol–water partition coefficient (Wildman–Crippen LogP) is 4.87. The largest absolute Gasteiger partial charge is 0.477 e. The number of hydrogen-bond acceptors (Lipinski definition) is 3. The molecule has 0 aromatic heterocycles. The van der Waals surface area contributed by atoms with E-state index in [4.69, 9.17) is 4.74 Å². The molecule has 3 aromatic carbocycles. The van der Waals surface area contributed by atoms with Crippen molar-refractivity contribution < 1.29 is 19.4 Å². The van der Waals surface area contributed by atoms with Gasteiger partial charge < -0.3 is 15.2 Å². The molecule has 4 rings (SSSR count). The van der Waals surface area contributed by atoms with E-state index in [0.29, 0.717) is 22.7 Å². The molecule has 0 aliphatic carbocycles. The highest BCUT2D eigenvalue weighted by molar-refractivity contribution is 6.02. The predicted molar refractivity (Wildman–Crippen MR) is 118 cm³/mol. The Morgan fingerprint density at radius 3 is 1.58 bits per heavy atom. The van der Waals surface area contributed by atoms with E-state index in [1.807, 2.05) is 60.7 Å².